The number of hydrogen-bond acceptors (Lipinski definition) is 2. The Morgan fingerprint density at radius 3 is 2.56 bits per heavy atom. The van der Waals surface area contributed by atoms with Crippen molar-refractivity contribution in [3.8, 4) is 0 Å². The van der Waals surface area contributed by atoms with Gasteiger partial charge in [-0.1, -0.05) is 48.9 Å². The van der Waals surface area contributed by atoms with E-state index in [2.05, 4.69) is 56.0 Å². The third-order valence-electron chi connectivity index (χ3n) is 5.74. The van der Waals surface area contributed by atoms with Gasteiger partial charge in [-0.25, -0.2) is 0 Å². The second kappa shape index (κ2) is 8.45. The highest BCUT2D eigenvalue weighted by Gasteiger charge is 2.32. The van der Waals surface area contributed by atoms with E-state index in [1.54, 1.807) is 0 Å². The molecule has 0 spiro atoms. The Hall–Kier alpha value is -1.84. The Morgan fingerprint density at radius 1 is 1.19 bits per heavy atom. The summed E-state index contributed by atoms with van der Waals surface area (Å²) >= 11 is 6.18. The van der Waals surface area contributed by atoms with E-state index in [0.717, 1.165) is 30.0 Å². The number of aryl methyl sites for hydroxylation is 2. The number of halogens is 1. The second-order valence-corrected chi connectivity index (χ2v) is 8.22. The summed E-state index contributed by atoms with van der Waals surface area (Å²) in [5.41, 5.74) is 6.38. The molecule has 1 saturated heterocycles. The molecule has 3 rings (SSSR count). The molecule has 0 saturated carbocycles. The fraction of sp³-hybridized carbons (Fsp3) is 0.435. The Balaban J connectivity index is 1.71. The van der Waals surface area contributed by atoms with Crippen LogP contribution in [0.15, 0.2) is 36.4 Å². The van der Waals surface area contributed by atoms with Crippen LogP contribution >= 0.6 is 11.6 Å². The molecular formula is C23H28ClNO2. The van der Waals surface area contributed by atoms with Gasteiger partial charge >= 0.3 is 5.97 Å². The largest absolute Gasteiger partial charge is 0.481 e. The topological polar surface area (TPSA) is 40.5 Å². The highest BCUT2D eigenvalue weighted by molar-refractivity contribution is 6.31. The Labute approximate surface area is 167 Å². The molecule has 1 N–H and O–H groups in total. The van der Waals surface area contributed by atoms with Gasteiger partial charge in [0.05, 0.1) is 5.92 Å². The number of rotatable bonds is 7. The zero-order valence-electron chi connectivity index (χ0n) is 16.3. The van der Waals surface area contributed by atoms with Gasteiger partial charge in [-0.05, 0) is 66.5 Å². The summed E-state index contributed by atoms with van der Waals surface area (Å²) in [7, 11) is 0. The van der Waals surface area contributed by atoms with Gasteiger partial charge < -0.3 is 5.11 Å². The maximum Gasteiger partial charge on any atom is 0.309 e. The van der Waals surface area contributed by atoms with Gasteiger partial charge in [-0.2, -0.15) is 0 Å². The van der Waals surface area contributed by atoms with Crippen LogP contribution in [0.4, 0.5) is 0 Å². The summed E-state index contributed by atoms with van der Waals surface area (Å²) in [4.78, 5) is 13.2. The summed E-state index contributed by atoms with van der Waals surface area (Å²) in [6.45, 7) is 8.56. The minimum absolute atomic E-state index is 0.203. The van der Waals surface area contributed by atoms with E-state index in [1.165, 1.54) is 22.3 Å². The minimum Gasteiger partial charge on any atom is -0.481 e. The van der Waals surface area contributed by atoms with E-state index in [-0.39, 0.29) is 5.92 Å². The smallest absolute Gasteiger partial charge is 0.309 e. The van der Waals surface area contributed by atoms with Crippen LogP contribution in [-0.2, 0) is 17.8 Å². The van der Waals surface area contributed by atoms with Crippen LogP contribution in [0.1, 0.15) is 47.1 Å². The number of carboxylic acid groups (broad SMARTS) is 1. The van der Waals surface area contributed by atoms with Crippen LogP contribution in [0.5, 0.6) is 0 Å². The first-order valence-corrected chi connectivity index (χ1v) is 10.0. The maximum atomic E-state index is 11.0. The quantitative estimate of drug-likeness (QED) is 0.711. The predicted molar refractivity (Wildman–Crippen MR) is 111 cm³/mol. The van der Waals surface area contributed by atoms with Crippen molar-refractivity contribution >= 4 is 17.6 Å². The number of aliphatic carboxylic acids is 1. The number of carboxylic acids is 1. The summed E-state index contributed by atoms with van der Waals surface area (Å²) in [6.07, 6.45) is 2.08. The number of hydrogen-bond donors (Lipinski definition) is 1. The van der Waals surface area contributed by atoms with Crippen molar-refractivity contribution in [2.75, 3.05) is 13.1 Å². The lowest BCUT2D eigenvalue weighted by Gasteiger charge is -2.37. The molecule has 1 unspecified atom stereocenters. The SMILES string of the molecule is CCC(Cc1ccc(C)c(CN2CC(C(=O)O)C2)c1)c1ccc(Cl)c(C)c1. The van der Waals surface area contributed by atoms with Gasteiger partial charge in [-0.3, -0.25) is 9.69 Å². The zero-order chi connectivity index (χ0) is 19.6. The summed E-state index contributed by atoms with van der Waals surface area (Å²) in [5.74, 6) is -0.413. The maximum absolute atomic E-state index is 11.0. The third-order valence-corrected chi connectivity index (χ3v) is 6.17. The number of benzene rings is 2. The van der Waals surface area contributed by atoms with Crippen molar-refractivity contribution in [2.45, 2.75) is 46.1 Å². The van der Waals surface area contributed by atoms with Crippen molar-refractivity contribution in [2.24, 2.45) is 5.92 Å². The lowest BCUT2D eigenvalue weighted by molar-refractivity contribution is -0.147. The summed E-state index contributed by atoms with van der Waals surface area (Å²) < 4.78 is 0. The molecule has 0 aliphatic carbocycles. The molecule has 1 fully saturated rings. The molecule has 1 aliphatic rings. The molecule has 0 aromatic heterocycles. The monoisotopic (exact) mass is 385 g/mol. The molecule has 1 aliphatic heterocycles. The van der Waals surface area contributed by atoms with Crippen molar-refractivity contribution in [3.05, 3.63) is 69.2 Å². The summed E-state index contributed by atoms with van der Waals surface area (Å²) in [5, 5.41) is 9.87. The third kappa shape index (κ3) is 4.72. The highest BCUT2D eigenvalue weighted by atomic mass is 35.5. The molecule has 1 atom stereocenters. The van der Waals surface area contributed by atoms with Crippen molar-refractivity contribution in [3.63, 3.8) is 0 Å². The predicted octanol–water partition coefficient (Wildman–Crippen LogP) is 5.21. The molecule has 2 aromatic carbocycles. The molecule has 3 nitrogen and oxygen atoms in total. The Morgan fingerprint density at radius 2 is 1.93 bits per heavy atom. The highest BCUT2D eigenvalue weighted by Crippen LogP contribution is 2.29. The van der Waals surface area contributed by atoms with Crippen molar-refractivity contribution in [1.29, 1.82) is 0 Å². The average Bonchev–Trinajstić information content (AvgIpc) is 2.60. The lowest BCUT2D eigenvalue weighted by atomic mass is 9.88. The first kappa shape index (κ1) is 19.9. The average molecular weight is 386 g/mol. The molecule has 4 heteroatoms. The van der Waals surface area contributed by atoms with Gasteiger partial charge in [0, 0.05) is 24.7 Å². The number of likely N-dealkylation sites (tertiary alicyclic amines) is 1. The van der Waals surface area contributed by atoms with Gasteiger partial charge in [0.2, 0.25) is 0 Å². The molecule has 0 amide bonds. The van der Waals surface area contributed by atoms with E-state index in [9.17, 15) is 4.79 Å². The Kier molecular flexibility index (Phi) is 6.23. The van der Waals surface area contributed by atoms with Crippen LogP contribution < -0.4 is 0 Å². The molecule has 0 radical (unpaired) electrons. The first-order chi connectivity index (χ1) is 12.9. The molecule has 144 valence electrons. The van der Waals surface area contributed by atoms with Crippen LogP contribution in [0.3, 0.4) is 0 Å². The van der Waals surface area contributed by atoms with E-state index in [1.807, 2.05) is 6.07 Å². The molecule has 27 heavy (non-hydrogen) atoms. The standard InChI is InChI=1S/C23H28ClNO2/c1-4-18(19-7-8-22(24)16(3)9-19)10-17-6-5-15(2)20(11-17)12-25-13-21(14-25)23(26)27/h5-9,11,18,21H,4,10,12-14H2,1-3H3,(H,26,27). The lowest BCUT2D eigenvalue weighted by Crippen LogP contribution is -2.49. The van der Waals surface area contributed by atoms with Crippen LogP contribution in [-0.4, -0.2) is 29.1 Å². The fourth-order valence-corrected chi connectivity index (χ4v) is 3.94. The molecule has 2 aromatic rings. The van der Waals surface area contributed by atoms with Crippen LogP contribution in [0.25, 0.3) is 0 Å². The van der Waals surface area contributed by atoms with Gasteiger partial charge in [-0.15, -0.1) is 0 Å². The van der Waals surface area contributed by atoms with E-state index >= 15 is 0 Å². The van der Waals surface area contributed by atoms with E-state index < -0.39 is 5.97 Å². The van der Waals surface area contributed by atoms with E-state index in [4.69, 9.17) is 16.7 Å². The van der Waals surface area contributed by atoms with Gasteiger partial charge in [0.1, 0.15) is 0 Å². The second-order valence-electron chi connectivity index (χ2n) is 7.81. The van der Waals surface area contributed by atoms with Crippen molar-refractivity contribution < 1.29 is 9.90 Å². The molecule has 0 bridgehead atoms. The summed E-state index contributed by atoms with van der Waals surface area (Å²) in [6, 6.07) is 13.1. The molecule has 1 heterocycles. The van der Waals surface area contributed by atoms with Gasteiger partial charge in [0.15, 0.2) is 0 Å². The normalized spacial score (nSPS) is 16.1. The number of nitrogens with zero attached hydrogens (tertiary/aromatic N) is 1. The van der Waals surface area contributed by atoms with Gasteiger partial charge in [0.25, 0.3) is 0 Å². The van der Waals surface area contributed by atoms with Crippen LogP contribution in [0, 0.1) is 19.8 Å². The molecular weight excluding hydrogens is 358 g/mol. The Bertz CT molecular complexity index is 827. The fourth-order valence-electron chi connectivity index (χ4n) is 3.82. The van der Waals surface area contributed by atoms with Crippen molar-refractivity contribution in [1.82, 2.24) is 4.90 Å². The number of carbonyl (C=O) groups is 1. The van der Waals surface area contributed by atoms with Crippen LogP contribution in [0.2, 0.25) is 5.02 Å². The first-order valence-electron chi connectivity index (χ1n) is 9.67. The zero-order valence-corrected chi connectivity index (χ0v) is 17.1. The minimum atomic E-state index is -0.680. The van der Waals surface area contributed by atoms with E-state index in [0.29, 0.717) is 19.0 Å².